The Morgan fingerprint density at radius 3 is 2.17 bits per heavy atom. The normalized spacial score (nSPS) is 8.75. The second kappa shape index (κ2) is 5.82. The summed E-state index contributed by atoms with van der Waals surface area (Å²) >= 11 is 0. The first-order valence-corrected chi connectivity index (χ1v) is 4.80. The van der Waals surface area contributed by atoms with Crippen LogP contribution in [0.4, 0.5) is 0 Å². The van der Waals surface area contributed by atoms with Gasteiger partial charge in [0.25, 0.3) is 0 Å². The van der Waals surface area contributed by atoms with E-state index in [1.165, 1.54) is 16.7 Å². The van der Waals surface area contributed by atoms with Gasteiger partial charge in [0.15, 0.2) is 0 Å². The average molecular weight is 166 g/mol. The number of hydrogen-bond acceptors (Lipinski definition) is 0. The Bertz CT molecular complexity index is 229. The Morgan fingerprint density at radius 1 is 1.17 bits per heavy atom. The third-order valence-corrected chi connectivity index (χ3v) is 1.88. The van der Waals surface area contributed by atoms with Crippen LogP contribution in [0.2, 0.25) is 0 Å². The Balaban J connectivity index is 0. The molecule has 0 aliphatic carbocycles. The molecular formula is C12H22. The lowest BCUT2D eigenvalue weighted by Crippen LogP contribution is -1.85. The van der Waals surface area contributed by atoms with Crippen molar-refractivity contribution in [3.8, 4) is 0 Å². The second-order valence-corrected chi connectivity index (χ2v) is 2.78. The molecule has 12 heavy (non-hydrogen) atoms. The van der Waals surface area contributed by atoms with Crippen LogP contribution in [-0.4, -0.2) is 0 Å². The molecule has 0 saturated carbocycles. The number of hydrogen-bond donors (Lipinski definition) is 0. The molecule has 1 aromatic rings. The van der Waals surface area contributed by atoms with Crippen LogP contribution in [0, 0.1) is 13.8 Å². The fraction of sp³-hybridized carbons (Fsp3) is 0.500. The van der Waals surface area contributed by atoms with Crippen molar-refractivity contribution in [1.29, 1.82) is 0 Å². The lowest BCUT2D eigenvalue weighted by atomic mass is 10.0. The van der Waals surface area contributed by atoms with E-state index in [0.29, 0.717) is 0 Å². The topological polar surface area (TPSA) is 0 Å². The zero-order valence-electron chi connectivity index (χ0n) is 8.94. The van der Waals surface area contributed by atoms with E-state index >= 15 is 0 Å². The SMILES string of the molecule is CC.CCc1ccc(C)cc1C.[HH]. The molecule has 0 fully saturated rings. The molecule has 0 bridgehead atoms. The molecule has 0 radical (unpaired) electrons. The fourth-order valence-electron chi connectivity index (χ4n) is 1.24. The van der Waals surface area contributed by atoms with Gasteiger partial charge in [-0.05, 0) is 31.4 Å². The molecule has 1 rings (SSSR count). The number of rotatable bonds is 1. The van der Waals surface area contributed by atoms with Gasteiger partial charge in [0.1, 0.15) is 0 Å². The second-order valence-electron chi connectivity index (χ2n) is 2.78. The van der Waals surface area contributed by atoms with Gasteiger partial charge in [-0.15, -0.1) is 0 Å². The predicted octanol–water partition coefficient (Wildman–Crippen LogP) is 4.14. The third-order valence-electron chi connectivity index (χ3n) is 1.88. The summed E-state index contributed by atoms with van der Waals surface area (Å²) in [5.74, 6) is 0. The smallest absolute Gasteiger partial charge is 0 e. The van der Waals surface area contributed by atoms with Crippen LogP contribution in [0.5, 0.6) is 0 Å². The summed E-state index contributed by atoms with van der Waals surface area (Å²) in [7, 11) is 0. The molecular weight excluding hydrogens is 144 g/mol. The molecule has 0 heteroatoms. The van der Waals surface area contributed by atoms with Gasteiger partial charge in [0, 0.05) is 1.43 Å². The van der Waals surface area contributed by atoms with E-state index in [1.807, 2.05) is 13.8 Å². The van der Waals surface area contributed by atoms with Crippen LogP contribution in [0.15, 0.2) is 18.2 Å². The summed E-state index contributed by atoms with van der Waals surface area (Å²) in [5, 5.41) is 0. The molecule has 70 valence electrons. The molecule has 0 saturated heterocycles. The molecule has 0 nitrogen and oxygen atoms in total. The van der Waals surface area contributed by atoms with Crippen LogP contribution in [0.25, 0.3) is 0 Å². The van der Waals surface area contributed by atoms with E-state index in [9.17, 15) is 0 Å². The Hall–Kier alpha value is -0.780. The number of benzene rings is 1. The van der Waals surface area contributed by atoms with Gasteiger partial charge in [-0.2, -0.15) is 0 Å². The largest absolute Gasteiger partial charge is 0.0683 e. The molecule has 0 atom stereocenters. The van der Waals surface area contributed by atoms with E-state index in [2.05, 4.69) is 39.0 Å². The Kier molecular flexibility index (Phi) is 5.44. The van der Waals surface area contributed by atoms with Crippen molar-refractivity contribution in [1.82, 2.24) is 0 Å². The molecule has 0 amide bonds. The van der Waals surface area contributed by atoms with Crippen molar-refractivity contribution in [2.75, 3.05) is 0 Å². The molecule has 0 aromatic heterocycles. The van der Waals surface area contributed by atoms with Crippen molar-refractivity contribution in [2.45, 2.75) is 41.0 Å². The summed E-state index contributed by atoms with van der Waals surface area (Å²) < 4.78 is 0. The van der Waals surface area contributed by atoms with Crippen molar-refractivity contribution < 1.29 is 1.43 Å². The average Bonchev–Trinajstić information content (AvgIpc) is 2.08. The summed E-state index contributed by atoms with van der Waals surface area (Å²) in [6.07, 6.45) is 1.14. The highest BCUT2D eigenvalue weighted by atomic mass is 14.0. The highest BCUT2D eigenvalue weighted by molar-refractivity contribution is 5.30. The molecule has 0 N–H and O–H groups in total. The van der Waals surface area contributed by atoms with E-state index in [0.717, 1.165) is 6.42 Å². The fourth-order valence-corrected chi connectivity index (χ4v) is 1.24. The predicted molar refractivity (Wildman–Crippen MR) is 58.8 cm³/mol. The van der Waals surface area contributed by atoms with E-state index in [1.54, 1.807) is 0 Å². The van der Waals surface area contributed by atoms with Gasteiger partial charge < -0.3 is 0 Å². The van der Waals surface area contributed by atoms with Crippen molar-refractivity contribution in [3.05, 3.63) is 34.9 Å². The maximum atomic E-state index is 2.23. The summed E-state index contributed by atoms with van der Waals surface area (Å²) in [5.41, 5.74) is 4.24. The first-order chi connectivity index (χ1) is 5.74. The highest BCUT2D eigenvalue weighted by Crippen LogP contribution is 2.10. The van der Waals surface area contributed by atoms with E-state index in [4.69, 9.17) is 0 Å². The summed E-state index contributed by atoms with van der Waals surface area (Å²) in [4.78, 5) is 0. The van der Waals surface area contributed by atoms with Crippen LogP contribution in [0.3, 0.4) is 0 Å². The zero-order chi connectivity index (χ0) is 9.56. The minimum absolute atomic E-state index is 0. The van der Waals surface area contributed by atoms with Crippen molar-refractivity contribution in [3.63, 3.8) is 0 Å². The van der Waals surface area contributed by atoms with Crippen molar-refractivity contribution in [2.24, 2.45) is 0 Å². The van der Waals surface area contributed by atoms with Gasteiger partial charge in [0.05, 0.1) is 0 Å². The molecule has 0 aliphatic rings. The first-order valence-electron chi connectivity index (χ1n) is 4.80. The van der Waals surface area contributed by atoms with Crippen molar-refractivity contribution >= 4 is 0 Å². The monoisotopic (exact) mass is 166 g/mol. The number of aryl methyl sites for hydroxylation is 3. The minimum atomic E-state index is 0. The van der Waals surface area contributed by atoms with E-state index in [-0.39, 0.29) is 1.43 Å². The summed E-state index contributed by atoms with van der Waals surface area (Å²) in [6.45, 7) is 10.5. The third kappa shape index (κ3) is 3.08. The first kappa shape index (κ1) is 11.2. The van der Waals surface area contributed by atoms with E-state index < -0.39 is 0 Å². The Labute approximate surface area is 78.1 Å². The van der Waals surface area contributed by atoms with Gasteiger partial charge in [-0.3, -0.25) is 0 Å². The maximum Gasteiger partial charge on any atom is 0 e. The lowest BCUT2D eigenvalue weighted by Gasteiger charge is -2.02. The van der Waals surface area contributed by atoms with Crippen LogP contribution in [-0.2, 0) is 6.42 Å². The standard InChI is InChI=1S/C10H14.C2H6.H2/c1-4-10-6-5-8(2)7-9(10)3;1-2;/h5-7H,4H2,1-3H3;1-2H3;1H. The zero-order valence-corrected chi connectivity index (χ0v) is 8.94. The summed E-state index contributed by atoms with van der Waals surface area (Å²) in [6, 6.07) is 6.62. The lowest BCUT2D eigenvalue weighted by molar-refractivity contribution is 1.10. The van der Waals surface area contributed by atoms with Crippen LogP contribution >= 0.6 is 0 Å². The van der Waals surface area contributed by atoms with Gasteiger partial charge in [-0.25, -0.2) is 0 Å². The Morgan fingerprint density at radius 2 is 1.75 bits per heavy atom. The quantitative estimate of drug-likeness (QED) is 0.588. The highest BCUT2D eigenvalue weighted by Gasteiger charge is 1.93. The van der Waals surface area contributed by atoms with Crippen LogP contribution in [0.1, 0.15) is 38.9 Å². The van der Waals surface area contributed by atoms with Gasteiger partial charge >= 0.3 is 0 Å². The van der Waals surface area contributed by atoms with Crippen LogP contribution < -0.4 is 0 Å². The minimum Gasteiger partial charge on any atom is -0.0683 e. The molecule has 0 spiro atoms. The molecule has 1 aromatic carbocycles. The van der Waals surface area contributed by atoms with Gasteiger partial charge in [0.2, 0.25) is 0 Å². The molecule has 0 aliphatic heterocycles. The van der Waals surface area contributed by atoms with Gasteiger partial charge in [-0.1, -0.05) is 44.5 Å². The molecule has 0 unspecified atom stereocenters. The molecule has 0 heterocycles. The maximum absolute atomic E-state index is 2.23.